The van der Waals surface area contributed by atoms with Crippen LogP contribution in [0.2, 0.25) is 0 Å². The maximum Gasteiger partial charge on any atom is 0.303 e. The van der Waals surface area contributed by atoms with Gasteiger partial charge in [0.05, 0.1) is 0 Å². The van der Waals surface area contributed by atoms with Crippen LogP contribution < -0.4 is 0 Å². The first kappa shape index (κ1) is 8.95. The lowest BCUT2D eigenvalue weighted by molar-refractivity contribution is -0.137. The molecule has 1 N–H and O–H groups in total. The molecule has 9 heavy (non-hydrogen) atoms. The van der Waals surface area contributed by atoms with Crippen LogP contribution in [0.3, 0.4) is 0 Å². The molecule has 0 saturated carbocycles. The zero-order valence-electron chi connectivity index (χ0n) is 5.43. The van der Waals surface area contributed by atoms with Crippen LogP contribution in [0.15, 0.2) is 0 Å². The third-order valence-electron chi connectivity index (χ3n) is 0.993. The summed E-state index contributed by atoms with van der Waals surface area (Å²) in [6, 6.07) is 0. The zero-order valence-corrected chi connectivity index (χ0v) is 7.02. The molecule has 0 aliphatic heterocycles. The van der Waals surface area contributed by atoms with E-state index in [0.717, 1.165) is 12.8 Å². The van der Waals surface area contributed by atoms with Crippen molar-refractivity contribution in [1.82, 2.24) is 0 Å². The molecule has 0 fully saturated rings. The van der Waals surface area contributed by atoms with Crippen molar-refractivity contribution in [2.24, 2.45) is 0 Å². The summed E-state index contributed by atoms with van der Waals surface area (Å²) < 4.78 is 0. The summed E-state index contributed by atoms with van der Waals surface area (Å²) in [6.45, 7) is 2.02. The number of carboxylic acid groups (broad SMARTS) is 1. The van der Waals surface area contributed by atoms with E-state index >= 15 is 0 Å². The summed E-state index contributed by atoms with van der Waals surface area (Å²) in [5, 5.41) is 8.21. The molecule has 2 nitrogen and oxygen atoms in total. The van der Waals surface area contributed by atoms with E-state index in [0.29, 0.717) is 4.83 Å². The van der Waals surface area contributed by atoms with E-state index < -0.39 is 5.97 Å². The molecule has 3 heteroatoms. The van der Waals surface area contributed by atoms with Gasteiger partial charge in [-0.1, -0.05) is 22.9 Å². The largest absolute Gasteiger partial charge is 0.481 e. The van der Waals surface area contributed by atoms with Gasteiger partial charge in [0.2, 0.25) is 0 Å². The second-order valence-electron chi connectivity index (χ2n) is 2.07. The quantitative estimate of drug-likeness (QED) is 0.696. The fourth-order valence-corrected chi connectivity index (χ4v) is 0.858. The highest BCUT2D eigenvalue weighted by Crippen LogP contribution is 2.07. The van der Waals surface area contributed by atoms with Crippen LogP contribution in [0.1, 0.15) is 26.2 Å². The molecule has 0 rings (SSSR count). The normalized spacial score (nSPS) is 13.1. The summed E-state index contributed by atoms with van der Waals surface area (Å²) >= 11 is 3.33. The Bertz CT molecular complexity index is 91.1. The van der Waals surface area contributed by atoms with Crippen LogP contribution >= 0.6 is 15.9 Å². The molecule has 0 bridgehead atoms. The van der Waals surface area contributed by atoms with Crippen molar-refractivity contribution in [3.63, 3.8) is 0 Å². The molecule has 54 valence electrons. The summed E-state index contributed by atoms with van der Waals surface area (Å²) in [5.74, 6) is -0.705. The second kappa shape index (κ2) is 4.79. The highest BCUT2D eigenvalue weighted by Gasteiger charge is 1.98. The molecule has 1 unspecified atom stereocenters. The van der Waals surface area contributed by atoms with E-state index in [1.54, 1.807) is 0 Å². The third kappa shape index (κ3) is 7.95. The van der Waals surface area contributed by atoms with Crippen molar-refractivity contribution in [3.8, 4) is 0 Å². The summed E-state index contributed by atoms with van der Waals surface area (Å²) in [6.07, 6.45) is 1.99. The lowest BCUT2D eigenvalue weighted by atomic mass is 10.2. The zero-order chi connectivity index (χ0) is 7.28. The van der Waals surface area contributed by atoms with E-state index in [4.69, 9.17) is 5.11 Å². The smallest absolute Gasteiger partial charge is 0.303 e. The topological polar surface area (TPSA) is 37.3 Å². The number of rotatable bonds is 4. The van der Waals surface area contributed by atoms with E-state index in [-0.39, 0.29) is 6.42 Å². The summed E-state index contributed by atoms with van der Waals surface area (Å²) in [7, 11) is 0. The molecule has 0 spiro atoms. The fourth-order valence-electron chi connectivity index (χ4n) is 0.535. The molecule has 0 saturated heterocycles. The minimum atomic E-state index is -0.705. The van der Waals surface area contributed by atoms with Crippen molar-refractivity contribution < 1.29 is 9.90 Å². The predicted molar refractivity (Wildman–Crippen MR) is 39.9 cm³/mol. The Labute approximate surface area is 63.4 Å². The van der Waals surface area contributed by atoms with Gasteiger partial charge in [-0.3, -0.25) is 4.79 Å². The maximum atomic E-state index is 9.97. The number of halogens is 1. The number of alkyl halides is 1. The Balaban J connectivity index is 3.01. The molecule has 0 aliphatic rings. The van der Waals surface area contributed by atoms with Gasteiger partial charge in [-0.15, -0.1) is 0 Å². The van der Waals surface area contributed by atoms with E-state index in [1.807, 2.05) is 6.92 Å². The summed E-state index contributed by atoms with van der Waals surface area (Å²) in [4.78, 5) is 10.4. The SMILES string of the molecule is CC(Br)CCCC(=O)O. The van der Waals surface area contributed by atoms with Crippen LogP contribution in [-0.4, -0.2) is 15.9 Å². The molecule has 1 atom stereocenters. The monoisotopic (exact) mass is 194 g/mol. The van der Waals surface area contributed by atoms with Gasteiger partial charge in [-0.05, 0) is 12.8 Å². The van der Waals surface area contributed by atoms with Crippen LogP contribution in [0, 0.1) is 0 Å². The van der Waals surface area contributed by atoms with Crippen molar-refractivity contribution in [3.05, 3.63) is 0 Å². The van der Waals surface area contributed by atoms with Crippen LogP contribution in [0.25, 0.3) is 0 Å². The first-order valence-electron chi connectivity index (χ1n) is 2.99. The minimum absolute atomic E-state index is 0.288. The van der Waals surface area contributed by atoms with Gasteiger partial charge < -0.3 is 5.11 Å². The van der Waals surface area contributed by atoms with Crippen molar-refractivity contribution in [2.75, 3.05) is 0 Å². The van der Waals surface area contributed by atoms with E-state index in [9.17, 15) is 4.79 Å². The Morgan fingerprint density at radius 1 is 1.78 bits per heavy atom. The van der Waals surface area contributed by atoms with Gasteiger partial charge in [-0.2, -0.15) is 0 Å². The van der Waals surface area contributed by atoms with Gasteiger partial charge in [-0.25, -0.2) is 0 Å². The fraction of sp³-hybridized carbons (Fsp3) is 0.833. The maximum absolute atomic E-state index is 9.97. The number of aliphatic carboxylic acids is 1. The molecule has 0 amide bonds. The third-order valence-corrected chi connectivity index (χ3v) is 1.45. The van der Waals surface area contributed by atoms with Crippen molar-refractivity contribution in [1.29, 1.82) is 0 Å². The van der Waals surface area contributed by atoms with Gasteiger partial charge in [0, 0.05) is 11.2 Å². The first-order valence-corrected chi connectivity index (χ1v) is 3.90. The van der Waals surface area contributed by atoms with Crippen LogP contribution in [0.5, 0.6) is 0 Å². The molecule has 0 aliphatic carbocycles. The van der Waals surface area contributed by atoms with Gasteiger partial charge in [0.1, 0.15) is 0 Å². The Hall–Kier alpha value is -0.0500. The molecular weight excluding hydrogens is 184 g/mol. The highest BCUT2D eigenvalue weighted by atomic mass is 79.9. The van der Waals surface area contributed by atoms with Gasteiger partial charge in [0.15, 0.2) is 0 Å². The van der Waals surface area contributed by atoms with Crippen LogP contribution in [0.4, 0.5) is 0 Å². The van der Waals surface area contributed by atoms with E-state index in [1.165, 1.54) is 0 Å². The Morgan fingerprint density at radius 3 is 2.67 bits per heavy atom. The van der Waals surface area contributed by atoms with Gasteiger partial charge >= 0.3 is 5.97 Å². The minimum Gasteiger partial charge on any atom is -0.481 e. The van der Waals surface area contributed by atoms with Crippen molar-refractivity contribution >= 4 is 21.9 Å². The average molecular weight is 195 g/mol. The summed E-state index contributed by atoms with van der Waals surface area (Å²) in [5.41, 5.74) is 0. The molecule has 0 aromatic rings. The lowest BCUT2D eigenvalue weighted by Gasteiger charge is -1.98. The Morgan fingerprint density at radius 2 is 2.33 bits per heavy atom. The average Bonchev–Trinajstić information content (AvgIpc) is 1.63. The van der Waals surface area contributed by atoms with Crippen LogP contribution in [-0.2, 0) is 4.79 Å². The first-order chi connectivity index (χ1) is 4.13. The molecule has 0 aromatic heterocycles. The molecule has 0 radical (unpaired) electrons. The Kier molecular flexibility index (Phi) is 4.77. The van der Waals surface area contributed by atoms with Gasteiger partial charge in [0.25, 0.3) is 0 Å². The number of carbonyl (C=O) groups is 1. The second-order valence-corrected chi connectivity index (χ2v) is 3.63. The number of carboxylic acids is 1. The molecule has 0 heterocycles. The highest BCUT2D eigenvalue weighted by molar-refractivity contribution is 9.09. The van der Waals surface area contributed by atoms with E-state index in [2.05, 4.69) is 15.9 Å². The standard InChI is InChI=1S/C6H11BrO2/c1-5(7)3-2-4-6(8)9/h5H,2-4H2,1H3,(H,8,9). The lowest BCUT2D eigenvalue weighted by Crippen LogP contribution is -1.96. The molecule has 0 aromatic carbocycles. The molecular formula is C6H11BrO2. The number of hydrogen-bond donors (Lipinski definition) is 1. The predicted octanol–water partition coefficient (Wildman–Crippen LogP) is 2.02. The van der Waals surface area contributed by atoms with Crippen molar-refractivity contribution in [2.45, 2.75) is 31.0 Å². The number of hydrogen-bond acceptors (Lipinski definition) is 1.